The minimum absolute atomic E-state index is 0.106. The Balaban J connectivity index is 1.74. The fourth-order valence-electron chi connectivity index (χ4n) is 2.13. The van der Waals surface area contributed by atoms with E-state index in [9.17, 15) is 9.90 Å². The van der Waals surface area contributed by atoms with Gasteiger partial charge >= 0.3 is 0 Å². The summed E-state index contributed by atoms with van der Waals surface area (Å²) in [4.78, 5) is 12.8. The van der Waals surface area contributed by atoms with E-state index in [1.165, 1.54) is 22.2 Å². The van der Waals surface area contributed by atoms with E-state index >= 15 is 0 Å². The van der Waals surface area contributed by atoms with Crippen molar-refractivity contribution in [2.24, 2.45) is 7.05 Å². The standard InChI is InChI=1S/C15H16N4O2S/c1-15(21,9-16-14(20)11-8-19(2)18-17-11)13-7-10-5-3-4-6-12(10)22-13/h3-8,21H,9H2,1-2H3,(H,16,20). The molecule has 0 aliphatic carbocycles. The highest BCUT2D eigenvalue weighted by molar-refractivity contribution is 7.19. The minimum Gasteiger partial charge on any atom is -0.383 e. The minimum atomic E-state index is -1.14. The number of nitrogens with one attached hydrogen (secondary N) is 1. The van der Waals surface area contributed by atoms with Crippen molar-refractivity contribution in [1.29, 1.82) is 0 Å². The van der Waals surface area contributed by atoms with Crippen LogP contribution in [0.3, 0.4) is 0 Å². The molecule has 0 radical (unpaired) electrons. The zero-order valence-corrected chi connectivity index (χ0v) is 13.1. The predicted octanol–water partition coefficient (Wildman–Crippen LogP) is 1.67. The predicted molar refractivity (Wildman–Crippen MR) is 84.7 cm³/mol. The summed E-state index contributed by atoms with van der Waals surface area (Å²) >= 11 is 1.52. The number of rotatable bonds is 4. The molecule has 7 heteroatoms. The zero-order valence-electron chi connectivity index (χ0n) is 12.3. The molecule has 0 spiro atoms. The van der Waals surface area contributed by atoms with Crippen molar-refractivity contribution in [3.05, 3.63) is 47.1 Å². The molecule has 2 N–H and O–H groups in total. The van der Waals surface area contributed by atoms with E-state index in [0.29, 0.717) is 0 Å². The highest BCUT2D eigenvalue weighted by Crippen LogP contribution is 2.32. The molecule has 0 aliphatic heterocycles. The van der Waals surface area contributed by atoms with Gasteiger partial charge in [-0.25, -0.2) is 0 Å². The number of thiophene rings is 1. The third-order valence-electron chi connectivity index (χ3n) is 3.38. The molecule has 114 valence electrons. The molecule has 0 fully saturated rings. The monoisotopic (exact) mass is 316 g/mol. The smallest absolute Gasteiger partial charge is 0.273 e. The Morgan fingerprint density at radius 3 is 2.91 bits per heavy atom. The van der Waals surface area contributed by atoms with Crippen LogP contribution in [0.15, 0.2) is 36.5 Å². The third kappa shape index (κ3) is 2.86. The molecule has 1 atom stereocenters. The maximum absolute atomic E-state index is 12.0. The number of hydrogen-bond donors (Lipinski definition) is 2. The van der Waals surface area contributed by atoms with Crippen molar-refractivity contribution in [3.63, 3.8) is 0 Å². The van der Waals surface area contributed by atoms with Gasteiger partial charge in [0, 0.05) is 16.6 Å². The first-order valence-electron chi connectivity index (χ1n) is 6.82. The largest absolute Gasteiger partial charge is 0.383 e. The summed E-state index contributed by atoms with van der Waals surface area (Å²) in [6.45, 7) is 1.80. The molecule has 2 aromatic heterocycles. The number of amides is 1. The van der Waals surface area contributed by atoms with Crippen LogP contribution < -0.4 is 5.32 Å². The van der Waals surface area contributed by atoms with Crippen LogP contribution >= 0.6 is 11.3 Å². The normalized spacial score (nSPS) is 14.0. The van der Waals surface area contributed by atoms with E-state index in [2.05, 4.69) is 15.6 Å². The van der Waals surface area contributed by atoms with Crippen LogP contribution in [-0.4, -0.2) is 32.6 Å². The molecule has 1 aromatic carbocycles. The average molecular weight is 316 g/mol. The highest BCUT2D eigenvalue weighted by atomic mass is 32.1. The molecule has 6 nitrogen and oxygen atoms in total. The Morgan fingerprint density at radius 1 is 1.45 bits per heavy atom. The van der Waals surface area contributed by atoms with Crippen molar-refractivity contribution in [2.45, 2.75) is 12.5 Å². The van der Waals surface area contributed by atoms with E-state index in [1.807, 2.05) is 30.3 Å². The van der Waals surface area contributed by atoms with Gasteiger partial charge in [-0.15, -0.1) is 16.4 Å². The Morgan fingerprint density at radius 2 is 2.23 bits per heavy atom. The number of aryl methyl sites for hydroxylation is 1. The Kier molecular flexibility index (Phi) is 3.67. The van der Waals surface area contributed by atoms with E-state index < -0.39 is 5.60 Å². The van der Waals surface area contributed by atoms with Crippen molar-refractivity contribution < 1.29 is 9.90 Å². The number of fused-ring (bicyclic) bond motifs is 1. The molecule has 22 heavy (non-hydrogen) atoms. The second-order valence-electron chi connectivity index (χ2n) is 5.38. The lowest BCUT2D eigenvalue weighted by Crippen LogP contribution is -2.38. The van der Waals surface area contributed by atoms with Gasteiger partial charge in [-0.3, -0.25) is 9.48 Å². The molecular weight excluding hydrogens is 300 g/mol. The second-order valence-corrected chi connectivity index (χ2v) is 6.47. The number of benzene rings is 1. The Hall–Kier alpha value is -2.25. The third-order valence-corrected chi connectivity index (χ3v) is 4.75. The van der Waals surface area contributed by atoms with Gasteiger partial charge in [-0.05, 0) is 24.4 Å². The number of carbonyl (C=O) groups is 1. The van der Waals surface area contributed by atoms with Crippen LogP contribution in [0, 0.1) is 0 Å². The number of nitrogens with zero attached hydrogens (tertiary/aromatic N) is 3. The number of aromatic nitrogens is 3. The fraction of sp³-hybridized carbons (Fsp3) is 0.267. The summed E-state index contributed by atoms with van der Waals surface area (Å²) in [6, 6.07) is 9.90. The first-order valence-corrected chi connectivity index (χ1v) is 7.63. The second kappa shape index (κ2) is 5.51. The molecule has 3 rings (SSSR count). The van der Waals surface area contributed by atoms with Crippen molar-refractivity contribution in [1.82, 2.24) is 20.3 Å². The van der Waals surface area contributed by atoms with Crippen molar-refractivity contribution >= 4 is 27.3 Å². The van der Waals surface area contributed by atoms with E-state index in [0.717, 1.165) is 15.0 Å². The zero-order chi connectivity index (χ0) is 15.7. The van der Waals surface area contributed by atoms with Gasteiger partial charge in [0.25, 0.3) is 5.91 Å². The number of aliphatic hydroxyl groups is 1. The number of carbonyl (C=O) groups excluding carboxylic acids is 1. The van der Waals surface area contributed by atoms with Crippen molar-refractivity contribution in [3.8, 4) is 0 Å². The molecule has 0 saturated carbocycles. The summed E-state index contributed by atoms with van der Waals surface area (Å²) in [7, 11) is 1.69. The van der Waals surface area contributed by atoms with Crippen molar-refractivity contribution in [2.75, 3.05) is 6.54 Å². The maximum atomic E-state index is 12.0. The molecule has 0 bridgehead atoms. The van der Waals surface area contributed by atoms with Gasteiger partial charge in [0.15, 0.2) is 5.69 Å². The van der Waals surface area contributed by atoms with Gasteiger partial charge in [0.1, 0.15) is 5.60 Å². The fourth-order valence-corrected chi connectivity index (χ4v) is 3.24. The topological polar surface area (TPSA) is 80.0 Å². The number of hydrogen-bond acceptors (Lipinski definition) is 5. The van der Waals surface area contributed by atoms with Crippen LogP contribution in [0.2, 0.25) is 0 Å². The molecular formula is C15H16N4O2S. The molecule has 1 amide bonds. The molecule has 2 heterocycles. The summed E-state index contributed by atoms with van der Waals surface area (Å²) in [5.41, 5.74) is -0.906. The lowest BCUT2D eigenvalue weighted by Gasteiger charge is -2.21. The van der Waals surface area contributed by atoms with Crippen LogP contribution in [0.4, 0.5) is 0 Å². The summed E-state index contributed by atoms with van der Waals surface area (Å²) in [6.07, 6.45) is 1.53. The average Bonchev–Trinajstić information content (AvgIpc) is 3.11. The van der Waals surface area contributed by atoms with Crippen LogP contribution in [0.1, 0.15) is 22.3 Å². The quantitative estimate of drug-likeness (QED) is 0.767. The first kappa shape index (κ1) is 14.7. The Bertz CT molecular complexity index is 789. The van der Waals surface area contributed by atoms with Gasteiger partial charge < -0.3 is 10.4 Å². The SMILES string of the molecule is Cn1cc(C(=O)NCC(C)(O)c2cc3ccccc3s2)nn1. The summed E-state index contributed by atoms with van der Waals surface area (Å²) in [5.74, 6) is -0.352. The highest BCUT2D eigenvalue weighted by Gasteiger charge is 2.26. The summed E-state index contributed by atoms with van der Waals surface area (Å²) in [5, 5.41) is 21.9. The van der Waals surface area contributed by atoms with Gasteiger partial charge in [0.2, 0.25) is 0 Å². The van der Waals surface area contributed by atoms with E-state index in [1.54, 1.807) is 14.0 Å². The van der Waals surface area contributed by atoms with E-state index in [-0.39, 0.29) is 18.1 Å². The summed E-state index contributed by atoms with van der Waals surface area (Å²) < 4.78 is 2.57. The van der Waals surface area contributed by atoms with Crippen LogP contribution in [0.5, 0.6) is 0 Å². The van der Waals surface area contributed by atoms with E-state index in [4.69, 9.17) is 0 Å². The maximum Gasteiger partial charge on any atom is 0.273 e. The molecule has 0 saturated heterocycles. The van der Waals surface area contributed by atoms with Crippen LogP contribution in [0.25, 0.3) is 10.1 Å². The molecule has 3 aromatic rings. The molecule has 0 aliphatic rings. The van der Waals surface area contributed by atoms with Crippen LogP contribution in [-0.2, 0) is 12.6 Å². The van der Waals surface area contributed by atoms with Gasteiger partial charge in [0.05, 0.1) is 12.7 Å². The Labute approximate surface area is 131 Å². The van der Waals surface area contributed by atoms with Gasteiger partial charge in [-0.1, -0.05) is 23.4 Å². The lowest BCUT2D eigenvalue weighted by atomic mass is 10.0. The lowest BCUT2D eigenvalue weighted by molar-refractivity contribution is 0.0556. The molecule has 1 unspecified atom stereocenters. The first-order chi connectivity index (χ1) is 10.5. The van der Waals surface area contributed by atoms with Gasteiger partial charge in [-0.2, -0.15) is 0 Å².